The summed E-state index contributed by atoms with van der Waals surface area (Å²) >= 11 is 0. The molecule has 1 fully saturated rings. The molecule has 1 amide bonds. The first-order valence-electron chi connectivity index (χ1n) is 6.11. The highest BCUT2D eigenvalue weighted by Crippen LogP contribution is 2.15. The van der Waals surface area contributed by atoms with Crippen LogP contribution >= 0.6 is 12.4 Å². The number of carbonyl (C=O) groups is 1. The van der Waals surface area contributed by atoms with Crippen LogP contribution < -0.4 is 5.73 Å². The van der Waals surface area contributed by atoms with E-state index in [2.05, 4.69) is 11.9 Å². The van der Waals surface area contributed by atoms with E-state index >= 15 is 0 Å². The molecule has 1 rings (SSSR count). The molecule has 0 bridgehead atoms. The Balaban J connectivity index is 0.00000256. The molecule has 1 heterocycles. The van der Waals surface area contributed by atoms with Gasteiger partial charge < -0.3 is 15.5 Å². The van der Waals surface area contributed by atoms with Crippen LogP contribution in [0.15, 0.2) is 0 Å². The SMILES string of the molecule is CC(C)[C@H](N)C(=O)N(C)CC1CCN(C)C1.Cl. The highest BCUT2D eigenvalue weighted by Gasteiger charge is 2.26. The summed E-state index contributed by atoms with van der Waals surface area (Å²) in [6.07, 6.45) is 1.19. The molecule has 1 aliphatic heterocycles. The lowest BCUT2D eigenvalue weighted by Crippen LogP contribution is -2.46. The predicted molar refractivity (Wildman–Crippen MR) is 73.3 cm³/mol. The number of hydrogen-bond donors (Lipinski definition) is 1. The van der Waals surface area contributed by atoms with E-state index in [-0.39, 0.29) is 30.3 Å². The van der Waals surface area contributed by atoms with Crippen LogP contribution in [0.5, 0.6) is 0 Å². The molecular weight excluding hydrogens is 238 g/mol. The first-order valence-corrected chi connectivity index (χ1v) is 6.11. The molecule has 4 nitrogen and oxygen atoms in total. The number of carbonyl (C=O) groups excluding carboxylic acids is 1. The van der Waals surface area contributed by atoms with Crippen molar-refractivity contribution in [3.63, 3.8) is 0 Å². The summed E-state index contributed by atoms with van der Waals surface area (Å²) in [6, 6.07) is -0.357. The molecule has 0 aliphatic carbocycles. The molecule has 1 aliphatic rings. The first kappa shape index (κ1) is 16.7. The highest BCUT2D eigenvalue weighted by atomic mass is 35.5. The molecule has 2 N–H and O–H groups in total. The molecule has 1 unspecified atom stereocenters. The largest absolute Gasteiger partial charge is 0.344 e. The number of hydrogen-bond acceptors (Lipinski definition) is 3. The number of nitrogens with two attached hydrogens (primary N) is 1. The summed E-state index contributed by atoms with van der Waals surface area (Å²) in [4.78, 5) is 16.1. The van der Waals surface area contributed by atoms with Crippen LogP contribution in [-0.4, -0.2) is 55.5 Å². The molecule has 17 heavy (non-hydrogen) atoms. The second-order valence-electron chi connectivity index (χ2n) is 5.41. The van der Waals surface area contributed by atoms with E-state index in [4.69, 9.17) is 5.73 Å². The van der Waals surface area contributed by atoms with Gasteiger partial charge in [0.1, 0.15) is 0 Å². The third kappa shape index (κ3) is 4.82. The van der Waals surface area contributed by atoms with Gasteiger partial charge in [0.25, 0.3) is 0 Å². The van der Waals surface area contributed by atoms with Crippen LogP contribution in [0.3, 0.4) is 0 Å². The van der Waals surface area contributed by atoms with Crippen molar-refractivity contribution in [3.05, 3.63) is 0 Å². The van der Waals surface area contributed by atoms with E-state index in [0.29, 0.717) is 5.92 Å². The fraction of sp³-hybridized carbons (Fsp3) is 0.917. The fourth-order valence-corrected chi connectivity index (χ4v) is 2.19. The van der Waals surface area contributed by atoms with Gasteiger partial charge in [0.15, 0.2) is 0 Å². The predicted octanol–water partition coefficient (Wildman–Crippen LogP) is 0.802. The van der Waals surface area contributed by atoms with E-state index in [0.717, 1.165) is 19.6 Å². The molecule has 0 radical (unpaired) electrons. The van der Waals surface area contributed by atoms with Gasteiger partial charge in [0.2, 0.25) is 5.91 Å². The summed E-state index contributed by atoms with van der Waals surface area (Å²) in [5, 5.41) is 0. The quantitative estimate of drug-likeness (QED) is 0.816. The van der Waals surface area contributed by atoms with Crippen molar-refractivity contribution in [1.82, 2.24) is 9.80 Å². The zero-order valence-electron chi connectivity index (χ0n) is 11.3. The summed E-state index contributed by atoms with van der Waals surface area (Å²) in [5.41, 5.74) is 5.86. The lowest BCUT2D eigenvalue weighted by Gasteiger charge is -2.25. The van der Waals surface area contributed by atoms with Gasteiger partial charge >= 0.3 is 0 Å². The second kappa shape index (κ2) is 7.19. The molecule has 0 aromatic heterocycles. The number of nitrogens with zero attached hydrogens (tertiary/aromatic N) is 2. The normalized spacial score (nSPS) is 22.4. The lowest BCUT2D eigenvalue weighted by atomic mass is 10.0. The molecule has 5 heteroatoms. The number of halogens is 1. The highest BCUT2D eigenvalue weighted by molar-refractivity contribution is 5.85. The molecule has 0 aromatic carbocycles. The Morgan fingerprint density at radius 2 is 2.12 bits per heavy atom. The van der Waals surface area contributed by atoms with Gasteiger partial charge in [0.05, 0.1) is 6.04 Å². The van der Waals surface area contributed by atoms with Crippen LogP contribution in [0.25, 0.3) is 0 Å². The Bertz CT molecular complexity index is 248. The Labute approximate surface area is 111 Å². The molecule has 102 valence electrons. The summed E-state index contributed by atoms with van der Waals surface area (Å²) in [5.74, 6) is 0.893. The van der Waals surface area contributed by atoms with Gasteiger partial charge in [0, 0.05) is 20.1 Å². The first-order chi connectivity index (χ1) is 7.41. The van der Waals surface area contributed by atoms with Crippen molar-refractivity contribution in [2.45, 2.75) is 26.3 Å². The summed E-state index contributed by atoms with van der Waals surface area (Å²) < 4.78 is 0. The summed E-state index contributed by atoms with van der Waals surface area (Å²) in [7, 11) is 3.99. The van der Waals surface area contributed by atoms with Crippen LogP contribution in [0.2, 0.25) is 0 Å². The van der Waals surface area contributed by atoms with Gasteiger partial charge in [-0.05, 0) is 31.8 Å². The summed E-state index contributed by atoms with van der Waals surface area (Å²) in [6.45, 7) is 7.04. The minimum Gasteiger partial charge on any atom is -0.344 e. The maximum atomic E-state index is 11.9. The zero-order valence-corrected chi connectivity index (χ0v) is 12.2. The van der Waals surface area contributed by atoms with E-state index < -0.39 is 0 Å². The smallest absolute Gasteiger partial charge is 0.239 e. The van der Waals surface area contributed by atoms with Crippen LogP contribution in [0.4, 0.5) is 0 Å². The fourth-order valence-electron chi connectivity index (χ4n) is 2.19. The Morgan fingerprint density at radius 1 is 1.53 bits per heavy atom. The van der Waals surface area contributed by atoms with Crippen molar-refractivity contribution in [2.24, 2.45) is 17.6 Å². The minimum absolute atomic E-state index is 0. The standard InChI is InChI=1S/C12H25N3O.ClH/c1-9(2)11(13)12(16)15(4)8-10-5-6-14(3)7-10;/h9-11H,5-8,13H2,1-4H3;1H/t10?,11-;/m0./s1. The van der Waals surface area contributed by atoms with Crippen LogP contribution in [0, 0.1) is 11.8 Å². The number of rotatable bonds is 4. The number of amides is 1. The van der Waals surface area contributed by atoms with Crippen molar-refractivity contribution < 1.29 is 4.79 Å². The van der Waals surface area contributed by atoms with Crippen LogP contribution in [0.1, 0.15) is 20.3 Å². The van der Waals surface area contributed by atoms with Crippen molar-refractivity contribution in [3.8, 4) is 0 Å². The number of likely N-dealkylation sites (tertiary alicyclic amines) is 1. The van der Waals surface area contributed by atoms with Gasteiger partial charge in [-0.15, -0.1) is 12.4 Å². The van der Waals surface area contributed by atoms with Crippen molar-refractivity contribution in [2.75, 3.05) is 33.7 Å². The Morgan fingerprint density at radius 3 is 2.53 bits per heavy atom. The molecule has 0 saturated carbocycles. The van der Waals surface area contributed by atoms with E-state index in [9.17, 15) is 4.79 Å². The van der Waals surface area contributed by atoms with Gasteiger partial charge in [-0.2, -0.15) is 0 Å². The average Bonchev–Trinajstić information content (AvgIpc) is 2.61. The lowest BCUT2D eigenvalue weighted by molar-refractivity contribution is -0.132. The van der Waals surface area contributed by atoms with E-state index in [1.165, 1.54) is 6.42 Å². The average molecular weight is 264 g/mol. The van der Waals surface area contributed by atoms with Gasteiger partial charge in [-0.3, -0.25) is 4.79 Å². The van der Waals surface area contributed by atoms with Crippen molar-refractivity contribution in [1.29, 1.82) is 0 Å². The third-order valence-electron chi connectivity index (χ3n) is 3.40. The third-order valence-corrected chi connectivity index (χ3v) is 3.40. The minimum atomic E-state index is -0.357. The zero-order chi connectivity index (χ0) is 12.3. The van der Waals surface area contributed by atoms with Crippen LogP contribution in [-0.2, 0) is 4.79 Å². The maximum Gasteiger partial charge on any atom is 0.239 e. The van der Waals surface area contributed by atoms with Gasteiger partial charge in [-0.25, -0.2) is 0 Å². The molecular formula is C12H26ClN3O. The van der Waals surface area contributed by atoms with E-state index in [1.54, 1.807) is 4.90 Å². The topological polar surface area (TPSA) is 49.6 Å². The van der Waals surface area contributed by atoms with Gasteiger partial charge in [-0.1, -0.05) is 13.8 Å². The Kier molecular flexibility index (Phi) is 7.05. The Hall–Kier alpha value is -0.320. The second-order valence-corrected chi connectivity index (χ2v) is 5.41. The van der Waals surface area contributed by atoms with E-state index in [1.807, 2.05) is 20.9 Å². The van der Waals surface area contributed by atoms with Crippen molar-refractivity contribution >= 4 is 18.3 Å². The number of likely N-dealkylation sites (N-methyl/N-ethyl adjacent to an activating group) is 1. The molecule has 0 aromatic rings. The molecule has 2 atom stereocenters. The molecule has 1 saturated heterocycles. The maximum absolute atomic E-state index is 11.9. The monoisotopic (exact) mass is 263 g/mol. The molecule has 0 spiro atoms.